The van der Waals surface area contributed by atoms with Crippen molar-refractivity contribution in [3.05, 3.63) is 36.0 Å². The maximum Gasteiger partial charge on any atom is 0.303 e. The Labute approximate surface area is 90.3 Å². The quantitative estimate of drug-likeness (QED) is 0.637. The molecule has 16 heavy (non-hydrogen) atoms. The van der Waals surface area contributed by atoms with Gasteiger partial charge in [0.2, 0.25) is 5.78 Å². The number of ketones is 1. The first-order valence-electron chi connectivity index (χ1n) is 4.69. The second-order valence-corrected chi connectivity index (χ2v) is 3.51. The van der Waals surface area contributed by atoms with Gasteiger partial charge in [0.25, 0.3) is 5.91 Å². The van der Waals surface area contributed by atoms with Crippen LogP contribution in [0.15, 0.2) is 36.0 Å². The highest BCUT2D eigenvalue weighted by molar-refractivity contribution is 6.52. The van der Waals surface area contributed by atoms with Gasteiger partial charge in [0.1, 0.15) is 5.70 Å². The van der Waals surface area contributed by atoms with Crippen molar-refractivity contribution in [3.63, 3.8) is 0 Å². The van der Waals surface area contributed by atoms with Crippen LogP contribution in [0.1, 0.15) is 0 Å². The minimum atomic E-state index is -0.683. The summed E-state index contributed by atoms with van der Waals surface area (Å²) in [7, 11) is 0. The van der Waals surface area contributed by atoms with Crippen molar-refractivity contribution in [1.82, 2.24) is 0 Å². The molecule has 1 aromatic rings. The number of fused-ring (bicyclic) bond motifs is 3. The Hall–Kier alpha value is -2.43. The summed E-state index contributed by atoms with van der Waals surface area (Å²) < 4.78 is 0. The monoisotopic (exact) mass is 214 g/mol. The van der Waals surface area contributed by atoms with Gasteiger partial charge in [-0.3, -0.25) is 19.3 Å². The van der Waals surface area contributed by atoms with Crippen LogP contribution in [0, 0.1) is 0 Å². The summed E-state index contributed by atoms with van der Waals surface area (Å²) in [6, 6.07) is 6.85. The van der Waals surface area contributed by atoms with E-state index in [4.69, 9.17) is 0 Å². The molecule has 2 amide bonds. The van der Waals surface area contributed by atoms with Crippen molar-refractivity contribution in [3.8, 4) is 0 Å². The number of benzene rings is 1. The van der Waals surface area contributed by atoms with Gasteiger partial charge in [-0.15, -0.1) is 0 Å². The zero-order chi connectivity index (χ0) is 11.3. The van der Waals surface area contributed by atoms with Gasteiger partial charge in [-0.2, -0.15) is 0 Å². The summed E-state index contributed by atoms with van der Waals surface area (Å²) in [5.74, 6) is -1.78. The molecule has 0 aromatic heterocycles. The number of hydrogen-bond acceptors (Lipinski definition) is 3. The summed E-state index contributed by atoms with van der Waals surface area (Å²) in [5, 5.41) is 2.62. The lowest BCUT2D eigenvalue weighted by Gasteiger charge is -2.26. The Balaban J connectivity index is 2.25. The number of rotatable bonds is 0. The van der Waals surface area contributed by atoms with Crippen LogP contribution in [0.2, 0.25) is 0 Å². The van der Waals surface area contributed by atoms with Gasteiger partial charge in [-0.25, -0.2) is 0 Å². The van der Waals surface area contributed by atoms with Gasteiger partial charge in [0, 0.05) is 6.08 Å². The smallest absolute Gasteiger partial charge is 0.303 e. The molecule has 0 fully saturated rings. The van der Waals surface area contributed by atoms with Crippen LogP contribution in [0.3, 0.4) is 0 Å². The molecular formula is C11H6N2O3. The van der Waals surface area contributed by atoms with Gasteiger partial charge >= 0.3 is 5.91 Å². The summed E-state index contributed by atoms with van der Waals surface area (Å²) in [5.41, 5.74) is 1.16. The van der Waals surface area contributed by atoms with Gasteiger partial charge in [-0.05, 0) is 12.1 Å². The van der Waals surface area contributed by atoms with Crippen LogP contribution in [0.5, 0.6) is 0 Å². The van der Waals surface area contributed by atoms with E-state index in [0.717, 1.165) is 11.0 Å². The fourth-order valence-corrected chi connectivity index (χ4v) is 1.84. The van der Waals surface area contributed by atoms with Gasteiger partial charge < -0.3 is 5.32 Å². The summed E-state index contributed by atoms with van der Waals surface area (Å²) in [4.78, 5) is 35.6. The predicted molar refractivity (Wildman–Crippen MR) is 55.6 cm³/mol. The summed E-state index contributed by atoms with van der Waals surface area (Å²) in [6.07, 6.45) is 1.06. The fourth-order valence-electron chi connectivity index (χ4n) is 1.84. The Bertz CT molecular complexity index is 574. The Morgan fingerprint density at radius 1 is 1.06 bits per heavy atom. The molecule has 5 heteroatoms. The molecule has 0 unspecified atom stereocenters. The standard InChI is InChI=1S/C11H6N2O3/c14-9-5-8-10(15)12-6-3-1-2-4-7(6)13(8)11(9)16/h1-5H,(H,12,15). The molecule has 2 heterocycles. The molecule has 0 saturated carbocycles. The van der Waals surface area contributed by atoms with Crippen molar-refractivity contribution >= 4 is 29.0 Å². The average molecular weight is 214 g/mol. The van der Waals surface area contributed by atoms with Crippen LogP contribution >= 0.6 is 0 Å². The molecule has 3 rings (SSSR count). The van der Waals surface area contributed by atoms with Gasteiger partial charge in [0.15, 0.2) is 0 Å². The zero-order valence-electron chi connectivity index (χ0n) is 8.06. The number of hydrogen-bond donors (Lipinski definition) is 1. The van der Waals surface area contributed by atoms with Crippen molar-refractivity contribution in [2.75, 3.05) is 10.2 Å². The second kappa shape index (κ2) is 2.79. The number of carbonyl (C=O) groups excluding carboxylic acids is 3. The number of amides is 2. The van der Waals surface area contributed by atoms with Crippen LogP contribution in [0.25, 0.3) is 0 Å². The highest BCUT2D eigenvalue weighted by atomic mass is 16.2. The Morgan fingerprint density at radius 2 is 1.81 bits per heavy atom. The third kappa shape index (κ3) is 0.967. The molecular weight excluding hydrogens is 208 g/mol. The number of anilines is 2. The SMILES string of the molecule is O=C1C=C2C(=O)Nc3ccccc3N2C1=O. The third-order valence-electron chi connectivity index (χ3n) is 2.55. The predicted octanol–water partition coefficient (Wildman–Crippen LogP) is 0.438. The van der Waals surface area contributed by atoms with Crippen LogP contribution in [0.4, 0.5) is 11.4 Å². The van der Waals surface area contributed by atoms with E-state index < -0.39 is 17.6 Å². The number of para-hydroxylation sites is 2. The van der Waals surface area contributed by atoms with Crippen LogP contribution < -0.4 is 10.2 Å². The van der Waals surface area contributed by atoms with E-state index >= 15 is 0 Å². The van der Waals surface area contributed by atoms with Crippen molar-refractivity contribution in [2.45, 2.75) is 0 Å². The highest BCUT2D eigenvalue weighted by Crippen LogP contribution is 2.35. The molecule has 0 atom stereocenters. The van der Waals surface area contributed by atoms with Gasteiger partial charge in [-0.1, -0.05) is 12.1 Å². The lowest BCUT2D eigenvalue weighted by atomic mass is 10.2. The van der Waals surface area contributed by atoms with E-state index in [1.54, 1.807) is 24.3 Å². The normalized spacial score (nSPS) is 17.9. The van der Waals surface area contributed by atoms with E-state index in [0.29, 0.717) is 11.4 Å². The molecule has 1 N–H and O–H groups in total. The highest BCUT2D eigenvalue weighted by Gasteiger charge is 2.39. The topological polar surface area (TPSA) is 66.5 Å². The molecule has 0 spiro atoms. The zero-order valence-corrected chi connectivity index (χ0v) is 8.06. The first-order valence-corrected chi connectivity index (χ1v) is 4.69. The number of carbonyl (C=O) groups is 3. The van der Waals surface area contributed by atoms with E-state index in [1.807, 2.05) is 0 Å². The average Bonchev–Trinajstić information content (AvgIpc) is 2.57. The van der Waals surface area contributed by atoms with E-state index in [-0.39, 0.29) is 5.70 Å². The maximum absolute atomic E-state index is 11.6. The lowest BCUT2D eigenvalue weighted by Crippen LogP contribution is -2.37. The third-order valence-corrected chi connectivity index (χ3v) is 2.55. The number of nitrogens with zero attached hydrogens (tertiary/aromatic N) is 1. The minimum absolute atomic E-state index is 0.0914. The first-order chi connectivity index (χ1) is 7.68. The largest absolute Gasteiger partial charge is 0.319 e. The van der Waals surface area contributed by atoms with E-state index in [1.165, 1.54) is 0 Å². The molecule has 2 aliphatic rings. The van der Waals surface area contributed by atoms with E-state index in [2.05, 4.69) is 5.32 Å². The number of nitrogens with one attached hydrogen (secondary N) is 1. The maximum atomic E-state index is 11.6. The molecule has 0 radical (unpaired) electrons. The fraction of sp³-hybridized carbons (Fsp3) is 0. The molecule has 0 bridgehead atoms. The van der Waals surface area contributed by atoms with Crippen molar-refractivity contribution < 1.29 is 14.4 Å². The van der Waals surface area contributed by atoms with Crippen LogP contribution in [-0.2, 0) is 14.4 Å². The minimum Gasteiger partial charge on any atom is -0.319 e. The van der Waals surface area contributed by atoms with Gasteiger partial charge in [0.05, 0.1) is 11.4 Å². The van der Waals surface area contributed by atoms with Crippen molar-refractivity contribution in [1.29, 1.82) is 0 Å². The molecule has 78 valence electrons. The molecule has 5 nitrogen and oxygen atoms in total. The molecule has 2 aliphatic heterocycles. The summed E-state index contributed by atoms with van der Waals surface area (Å²) >= 11 is 0. The Kier molecular flexibility index (Phi) is 1.54. The second-order valence-electron chi connectivity index (χ2n) is 3.51. The molecule has 1 aromatic carbocycles. The lowest BCUT2D eigenvalue weighted by molar-refractivity contribution is -0.132. The van der Waals surface area contributed by atoms with E-state index in [9.17, 15) is 14.4 Å². The molecule has 0 saturated heterocycles. The Morgan fingerprint density at radius 3 is 2.62 bits per heavy atom. The summed E-state index contributed by atoms with van der Waals surface area (Å²) in [6.45, 7) is 0. The van der Waals surface area contributed by atoms with Crippen LogP contribution in [-0.4, -0.2) is 17.6 Å². The molecule has 0 aliphatic carbocycles. The van der Waals surface area contributed by atoms with Crippen molar-refractivity contribution in [2.24, 2.45) is 0 Å². The first kappa shape index (κ1) is 8.84.